The van der Waals surface area contributed by atoms with E-state index in [-0.39, 0.29) is 11.6 Å². The highest BCUT2D eigenvalue weighted by molar-refractivity contribution is 5.78. The van der Waals surface area contributed by atoms with Crippen molar-refractivity contribution in [3.8, 4) is 0 Å². The van der Waals surface area contributed by atoms with Crippen LogP contribution in [0, 0.1) is 0 Å². The monoisotopic (exact) mass is 273 g/mol. The van der Waals surface area contributed by atoms with Gasteiger partial charge in [-0.15, -0.1) is 0 Å². The summed E-state index contributed by atoms with van der Waals surface area (Å²) in [6, 6.07) is 12.3. The molecule has 0 fully saturated rings. The number of pyridine rings is 1. The predicted molar refractivity (Wildman–Crippen MR) is 82.3 cm³/mol. The van der Waals surface area contributed by atoms with Gasteiger partial charge in [-0.05, 0) is 25.5 Å². The van der Waals surface area contributed by atoms with Crippen molar-refractivity contribution in [1.82, 2.24) is 10.4 Å². The van der Waals surface area contributed by atoms with Crippen LogP contribution in [-0.2, 0) is 11.2 Å². The quantitative estimate of drug-likeness (QED) is 0.627. The summed E-state index contributed by atoms with van der Waals surface area (Å²) in [7, 11) is 1.72. The van der Waals surface area contributed by atoms with Crippen molar-refractivity contribution in [3.05, 3.63) is 42.1 Å². The molecular formula is C16H23N3O. The van der Waals surface area contributed by atoms with Crippen molar-refractivity contribution in [2.75, 3.05) is 7.11 Å². The van der Waals surface area contributed by atoms with E-state index in [0.29, 0.717) is 0 Å². The van der Waals surface area contributed by atoms with Crippen LogP contribution in [0.4, 0.5) is 0 Å². The van der Waals surface area contributed by atoms with Gasteiger partial charge in [-0.1, -0.05) is 31.2 Å². The molecule has 0 bridgehead atoms. The van der Waals surface area contributed by atoms with E-state index in [1.54, 1.807) is 7.11 Å². The first-order valence-corrected chi connectivity index (χ1v) is 6.99. The van der Waals surface area contributed by atoms with Gasteiger partial charge in [0.1, 0.15) is 0 Å². The first-order valence-electron chi connectivity index (χ1n) is 6.99. The molecule has 4 nitrogen and oxygen atoms in total. The number of hydrogen-bond donors (Lipinski definition) is 2. The van der Waals surface area contributed by atoms with E-state index in [1.165, 1.54) is 0 Å². The Kier molecular flexibility index (Phi) is 4.70. The molecule has 1 aromatic heterocycles. The minimum atomic E-state index is -0.303. The summed E-state index contributed by atoms with van der Waals surface area (Å²) in [6.45, 7) is 4.17. The van der Waals surface area contributed by atoms with Crippen molar-refractivity contribution in [3.63, 3.8) is 0 Å². The van der Waals surface area contributed by atoms with E-state index in [0.717, 1.165) is 29.4 Å². The first kappa shape index (κ1) is 14.9. The molecule has 1 heterocycles. The SMILES string of the molecule is CCC(C)(OC)C(Cc1ccc2ccccc2n1)NN. The molecule has 108 valence electrons. The van der Waals surface area contributed by atoms with Crippen LogP contribution >= 0.6 is 0 Å². The molecule has 0 aliphatic rings. The number of benzene rings is 1. The molecule has 2 aromatic rings. The fourth-order valence-corrected chi connectivity index (χ4v) is 2.42. The zero-order valence-electron chi connectivity index (χ0n) is 12.4. The normalized spacial score (nSPS) is 16.0. The summed E-state index contributed by atoms with van der Waals surface area (Å²) < 4.78 is 5.63. The van der Waals surface area contributed by atoms with E-state index in [2.05, 4.69) is 37.5 Å². The average Bonchev–Trinajstić information content (AvgIpc) is 2.51. The van der Waals surface area contributed by atoms with Crippen LogP contribution in [-0.4, -0.2) is 23.7 Å². The lowest BCUT2D eigenvalue weighted by Crippen LogP contribution is -2.53. The maximum absolute atomic E-state index is 5.71. The minimum absolute atomic E-state index is 0.0196. The van der Waals surface area contributed by atoms with Gasteiger partial charge >= 0.3 is 0 Å². The molecule has 0 spiro atoms. The minimum Gasteiger partial charge on any atom is -0.377 e. The number of nitrogens with one attached hydrogen (secondary N) is 1. The Morgan fingerprint density at radius 1 is 1.30 bits per heavy atom. The number of nitrogens with two attached hydrogens (primary N) is 1. The Balaban J connectivity index is 2.25. The lowest BCUT2D eigenvalue weighted by Gasteiger charge is -2.35. The van der Waals surface area contributed by atoms with Crippen LogP contribution in [0.15, 0.2) is 36.4 Å². The van der Waals surface area contributed by atoms with Gasteiger partial charge in [0.15, 0.2) is 0 Å². The van der Waals surface area contributed by atoms with Gasteiger partial charge in [0, 0.05) is 24.6 Å². The van der Waals surface area contributed by atoms with Crippen LogP contribution in [0.3, 0.4) is 0 Å². The van der Waals surface area contributed by atoms with Gasteiger partial charge < -0.3 is 4.74 Å². The summed E-state index contributed by atoms with van der Waals surface area (Å²) in [5.74, 6) is 5.71. The maximum atomic E-state index is 5.71. The number of hydrogen-bond acceptors (Lipinski definition) is 4. The number of nitrogens with zero attached hydrogens (tertiary/aromatic N) is 1. The van der Waals surface area contributed by atoms with Crippen molar-refractivity contribution in [2.24, 2.45) is 5.84 Å². The number of aromatic nitrogens is 1. The molecule has 2 rings (SSSR count). The van der Waals surface area contributed by atoms with Crippen LogP contribution in [0.2, 0.25) is 0 Å². The van der Waals surface area contributed by atoms with E-state index in [1.807, 2.05) is 18.2 Å². The second-order valence-corrected chi connectivity index (χ2v) is 5.29. The maximum Gasteiger partial charge on any atom is 0.0817 e. The van der Waals surface area contributed by atoms with E-state index >= 15 is 0 Å². The molecule has 4 heteroatoms. The summed E-state index contributed by atoms with van der Waals surface area (Å²) in [4.78, 5) is 4.69. The van der Waals surface area contributed by atoms with Crippen LogP contribution in [0.1, 0.15) is 26.0 Å². The fraction of sp³-hybridized carbons (Fsp3) is 0.438. The summed E-state index contributed by atoms with van der Waals surface area (Å²) in [5, 5.41) is 1.15. The lowest BCUT2D eigenvalue weighted by atomic mass is 9.90. The molecule has 0 amide bonds. The molecule has 0 saturated heterocycles. The van der Waals surface area contributed by atoms with Gasteiger partial charge in [-0.2, -0.15) is 0 Å². The molecule has 3 N–H and O–H groups in total. The first-order chi connectivity index (χ1) is 9.62. The highest BCUT2D eigenvalue weighted by Gasteiger charge is 2.32. The average molecular weight is 273 g/mol. The summed E-state index contributed by atoms with van der Waals surface area (Å²) in [6.07, 6.45) is 1.62. The zero-order chi connectivity index (χ0) is 14.6. The van der Waals surface area contributed by atoms with Crippen LogP contribution < -0.4 is 11.3 Å². The fourth-order valence-electron chi connectivity index (χ4n) is 2.42. The highest BCUT2D eigenvalue weighted by atomic mass is 16.5. The molecule has 0 aliphatic carbocycles. The molecule has 2 unspecified atom stereocenters. The zero-order valence-corrected chi connectivity index (χ0v) is 12.4. The summed E-state index contributed by atoms with van der Waals surface area (Å²) in [5.41, 5.74) is 4.60. The lowest BCUT2D eigenvalue weighted by molar-refractivity contribution is -0.0290. The molecule has 2 atom stereocenters. The van der Waals surface area contributed by atoms with Crippen LogP contribution in [0.25, 0.3) is 10.9 Å². The Morgan fingerprint density at radius 3 is 2.70 bits per heavy atom. The van der Waals surface area contributed by atoms with Gasteiger partial charge in [-0.25, -0.2) is 0 Å². The third kappa shape index (κ3) is 2.98. The molecular weight excluding hydrogens is 250 g/mol. The van der Waals surface area contributed by atoms with Crippen LogP contribution in [0.5, 0.6) is 0 Å². The van der Waals surface area contributed by atoms with E-state index in [4.69, 9.17) is 15.6 Å². The van der Waals surface area contributed by atoms with Gasteiger partial charge in [0.2, 0.25) is 0 Å². The number of methoxy groups -OCH3 is 1. The Bertz CT molecular complexity index is 566. The topological polar surface area (TPSA) is 60.2 Å². The molecule has 0 saturated carbocycles. The largest absolute Gasteiger partial charge is 0.377 e. The number of rotatable bonds is 6. The van der Waals surface area contributed by atoms with Gasteiger partial charge in [0.25, 0.3) is 0 Å². The van der Waals surface area contributed by atoms with Gasteiger partial charge in [0.05, 0.1) is 17.2 Å². The standard InChI is InChI=1S/C16H23N3O/c1-4-16(2,20-3)15(19-17)11-13-10-9-12-7-5-6-8-14(12)18-13/h5-10,15,19H,4,11,17H2,1-3H3. The second kappa shape index (κ2) is 6.31. The third-order valence-corrected chi connectivity index (χ3v) is 4.18. The van der Waals surface area contributed by atoms with Crippen molar-refractivity contribution in [1.29, 1.82) is 0 Å². The number of para-hydroxylation sites is 1. The Labute approximate surface area is 120 Å². The number of ether oxygens (including phenoxy) is 1. The number of fused-ring (bicyclic) bond motifs is 1. The molecule has 1 aromatic carbocycles. The summed E-state index contributed by atoms with van der Waals surface area (Å²) >= 11 is 0. The molecule has 0 aliphatic heterocycles. The smallest absolute Gasteiger partial charge is 0.0817 e. The van der Waals surface area contributed by atoms with Crippen molar-refractivity contribution in [2.45, 2.75) is 38.3 Å². The Hall–Kier alpha value is -1.49. The van der Waals surface area contributed by atoms with Crippen molar-refractivity contribution >= 4 is 10.9 Å². The van der Waals surface area contributed by atoms with E-state index < -0.39 is 0 Å². The molecule has 20 heavy (non-hydrogen) atoms. The number of hydrazine groups is 1. The predicted octanol–water partition coefficient (Wildman–Crippen LogP) is 2.42. The van der Waals surface area contributed by atoms with Crippen molar-refractivity contribution < 1.29 is 4.74 Å². The molecule has 0 radical (unpaired) electrons. The van der Waals surface area contributed by atoms with Gasteiger partial charge in [-0.3, -0.25) is 16.3 Å². The highest BCUT2D eigenvalue weighted by Crippen LogP contribution is 2.22. The Morgan fingerprint density at radius 2 is 2.05 bits per heavy atom. The van der Waals surface area contributed by atoms with E-state index in [9.17, 15) is 0 Å². The third-order valence-electron chi connectivity index (χ3n) is 4.18. The second-order valence-electron chi connectivity index (χ2n) is 5.29.